The van der Waals surface area contributed by atoms with Crippen molar-refractivity contribution in [2.45, 2.75) is 25.6 Å². The number of halogens is 3. The van der Waals surface area contributed by atoms with E-state index in [0.717, 1.165) is 26.9 Å². The van der Waals surface area contributed by atoms with E-state index in [1.165, 1.54) is 6.07 Å². The summed E-state index contributed by atoms with van der Waals surface area (Å²) < 4.78 is 20.7. The lowest BCUT2D eigenvalue weighted by Crippen LogP contribution is -2.33. The van der Waals surface area contributed by atoms with Crippen molar-refractivity contribution in [3.05, 3.63) is 92.1 Å². The molecular formula is C24H21Br2FN2O2. The van der Waals surface area contributed by atoms with Crippen LogP contribution in [0.1, 0.15) is 42.2 Å². The van der Waals surface area contributed by atoms with Crippen molar-refractivity contribution in [1.29, 1.82) is 0 Å². The van der Waals surface area contributed by atoms with Gasteiger partial charge in [-0.05, 0) is 64.3 Å². The normalized spacial score (nSPS) is 18.5. The van der Waals surface area contributed by atoms with Gasteiger partial charge in [0.05, 0.1) is 11.1 Å². The van der Waals surface area contributed by atoms with Crippen molar-refractivity contribution in [3.63, 3.8) is 0 Å². The molecule has 0 radical (unpaired) electrons. The number of rotatable bonds is 5. The van der Waals surface area contributed by atoms with E-state index >= 15 is 0 Å². The van der Waals surface area contributed by atoms with Gasteiger partial charge in [0.25, 0.3) is 0 Å². The molecule has 3 aromatic rings. The molecule has 0 amide bonds. The minimum absolute atomic E-state index is 0.122. The average Bonchev–Trinajstić information content (AvgIpc) is 2.77. The second kappa shape index (κ2) is 9.51. The van der Waals surface area contributed by atoms with E-state index in [2.05, 4.69) is 37.2 Å². The predicted molar refractivity (Wildman–Crippen MR) is 127 cm³/mol. The minimum atomic E-state index is -0.403. The van der Waals surface area contributed by atoms with E-state index in [4.69, 9.17) is 9.73 Å². The maximum Gasteiger partial charge on any atom is 0.162 e. The van der Waals surface area contributed by atoms with Crippen LogP contribution in [-0.2, 0) is 0 Å². The van der Waals surface area contributed by atoms with Gasteiger partial charge in [0.15, 0.2) is 11.5 Å². The second-order valence-corrected chi connectivity index (χ2v) is 8.98. The molecule has 0 aliphatic carbocycles. The van der Waals surface area contributed by atoms with Crippen molar-refractivity contribution in [2.24, 2.45) is 4.99 Å². The van der Waals surface area contributed by atoms with Crippen molar-refractivity contribution in [3.8, 4) is 11.5 Å². The van der Waals surface area contributed by atoms with Gasteiger partial charge in [-0.15, -0.1) is 0 Å². The summed E-state index contributed by atoms with van der Waals surface area (Å²) in [6.07, 6.45) is 0.179. The van der Waals surface area contributed by atoms with Crippen LogP contribution in [0.2, 0.25) is 0 Å². The monoisotopic (exact) mass is 546 g/mol. The first-order chi connectivity index (χ1) is 15.0. The summed E-state index contributed by atoms with van der Waals surface area (Å²) in [5, 5.41) is 14.3. The Bertz CT molecular complexity index is 1140. The highest BCUT2D eigenvalue weighted by Crippen LogP contribution is 2.39. The molecule has 0 saturated carbocycles. The van der Waals surface area contributed by atoms with Gasteiger partial charge in [-0.3, -0.25) is 10.3 Å². The summed E-state index contributed by atoms with van der Waals surface area (Å²) in [5.41, 5.74) is 3.45. The Kier molecular flexibility index (Phi) is 6.74. The number of nitrogens with one attached hydrogen (secondary N) is 1. The van der Waals surface area contributed by atoms with Gasteiger partial charge in [0, 0.05) is 28.2 Å². The van der Waals surface area contributed by atoms with Gasteiger partial charge in [-0.2, -0.15) is 0 Å². The zero-order valence-electron chi connectivity index (χ0n) is 16.8. The number of hydrogen-bond acceptors (Lipinski definition) is 4. The number of aromatic hydroxyl groups is 1. The van der Waals surface area contributed by atoms with E-state index in [9.17, 15) is 9.50 Å². The van der Waals surface area contributed by atoms with E-state index in [1.807, 2.05) is 43.3 Å². The first-order valence-corrected chi connectivity index (χ1v) is 11.5. The number of phenolic OH excluding ortho intramolecular Hbond substituents is 1. The third kappa shape index (κ3) is 4.84. The fourth-order valence-electron chi connectivity index (χ4n) is 3.69. The maximum atomic E-state index is 13.8. The van der Waals surface area contributed by atoms with E-state index in [-0.39, 0.29) is 17.6 Å². The number of ether oxygens (including phenoxy) is 1. The molecule has 0 saturated heterocycles. The lowest BCUT2D eigenvalue weighted by molar-refractivity contribution is 0.313. The van der Waals surface area contributed by atoms with Gasteiger partial charge in [0.1, 0.15) is 12.0 Å². The minimum Gasteiger partial charge on any atom is -0.504 e. The molecule has 2 unspecified atom stereocenters. The second-order valence-electron chi connectivity index (χ2n) is 7.21. The van der Waals surface area contributed by atoms with Crippen molar-refractivity contribution < 1.29 is 14.2 Å². The third-order valence-corrected chi connectivity index (χ3v) is 6.27. The van der Waals surface area contributed by atoms with E-state index in [1.54, 1.807) is 18.2 Å². The molecule has 7 heteroatoms. The van der Waals surface area contributed by atoms with Gasteiger partial charge < -0.3 is 9.84 Å². The molecular weight excluding hydrogens is 527 g/mol. The molecule has 160 valence electrons. The molecule has 2 N–H and O–H groups in total. The molecule has 0 bridgehead atoms. The maximum absolute atomic E-state index is 13.8. The van der Waals surface area contributed by atoms with Crippen LogP contribution < -0.4 is 10.1 Å². The van der Waals surface area contributed by atoms with Gasteiger partial charge >= 0.3 is 0 Å². The van der Waals surface area contributed by atoms with Crippen molar-refractivity contribution in [2.75, 3.05) is 6.61 Å². The molecule has 1 aliphatic rings. The fraction of sp³-hybridized carbons (Fsp3) is 0.208. The van der Waals surface area contributed by atoms with Gasteiger partial charge in [0.2, 0.25) is 0 Å². The Balaban J connectivity index is 1.77. The van der Waals surface area contributed by atoms with Crippen molar-refractivity contribution >= 4 is 37.6 Å². The summed E-state index contributed by atoms with van der Waals surface area (Å²) in [6.45, 7) is 2.34. The standard InChI is InChI=1S/C24H21Br2FN2O2/c1-2-31-22-8-4-7-17(23(22)30)21-13-20(14-5-3-6-16(25)11-14)28-24(29-21)15-9-10-19(27)18(26)12-15/h3-12,21,24,29-30H,2,13H2,1H3. The molecule has 0 fully saturated rings. The van der Waals surface area contributed by atoms with Crippen LogP contribution in [0.25, 0.3) is 0 Å². The van der Waals surface area contributed by atoms with Crippen LogP contribution in [0.15, 0.2) is 74.6 Å². The van der Waals surface area contributed by atoms with Crippen LogP contribution in [0.5, 0.6) is 11.5 Å². The average molecular weight is 548 g/mol. The van der Waals surface area contributed by atoms with Crippen molar-refractivity contribution in [1.82, 2.24) is 5.32 Å². The van der Waals surface area contributed by atoms with E-state index in [0.29, 0.717) is 23.2 Å². The van der Waals surface area contributed by atoms with E-state index < -0.39 is 6.17 Å². The van der Waals surface area contributed by atoms with Crippen LogP contribution in [0.3, 0.4) is 0 Å². The highest BCUT2D eigenvalue weighted by Gasteiger charge is 2.29. The molecule has 1 aliphatic heterocycles. The molecule has 2 atom stereocenters. The molecule has 31 heavy (non-hydrogen) atoms. The Morgan fingerprint density at radius 1 is 1.13 bits per heavy atom. The van der Waals surface area contributed by atoms with Gasteiger partial charge in [-0.1, -0.05) is 46.3 Å². The summed E-state index contributed by atoms with van der Waals surface area (Å²) in [5.74, 6) is 0.250. The zero-order chi connectivity index (χ0) is 22.0. The molecule has 3 aromatic carbocycles. The zero-order valence-corrected chi connectivity index (χ0v) is 20.0. The Morgan fingerprint density at radius 3 is 2.68 bits per heavy atom. The van der Waals surface area contributed by atoms with Crippen LogP contribution in [0, 0.1) is 5.82 Å². The topological polar surface area (TPSA) is 53.8 Å². The summed E-state index contributed by atoms with van der Waals surface area (Å²) in [7, 11) is 0. The lowest BCUT2D eigenvalue weighted by atomic mass is 9.93. The predicted octanol–water partition coefficient (Wildman–Crippen LogP) is 6.68. The summed E-state index contributed by atoms with van der Waals surface area (Å²) in [4.78, 5) is 4.93. The number of benzene rings is 3. The number of aliphatic imine (C=N–C) groups is 1. The lowest BCUT2D eigenvalue weighted by Gasteiger charge is -2.31. The van der Waals surface area contributed by atoms with Crippen LogP contribution >= 0.6 is 31.9 Å². The van der Waals surface area contributed by atoms with Crippen LogP contribution in [0.4, 0.5) is 4.39 Å². The quantitative estimate of drug-likeness (QED) is 0.374. The molecule has 1 heterocycles. The summed E-state index contributed by atoms with van der Waals surface area (Å²) in [6, 6.07) is 18.1. The number of para-hydroxylation sites is 1. The summed E-state index contributed by atoms with van der Waals surface area (Å²) >= 11 is 6.80. The Hall–Kier alpha value is -2.22. The van der Waals surface area contributed by atoms with Crippen LogP contribution in [-0.4, -0.2) is 17.4 Å². The number of phenols is 1. The third-order valence-electron chi connectivity index (χ3n) is 5.16. The van der Waals surface area contributed by atoms with Gasteiger partial charge in [-0.25, -0.2) is 4.39 Å². The number of nitrogens with zero attached hydrogens (tertiary/aromatic N) is 1. The molecule has 0 aromatic heterocycles. The molecule has 4 rings (SSSR count). The molecule has 4 nitrogen and oxygen atoms in total. The largest absolute Gasteiger partial charge is 0.504 e. The molecule has 0 spiro atoms. The first kappa shape index (κ1) is 22.0. The first-order valence-electron chi connectivity index (χ1n) is 9.94. The Labute approximate surface area is 197 Å². The fourth-order valence-corrected chi connectivity index (χ4v) is 4.49. The smallest absolute Gasteiger partial charge is 0.162 e. The Morgan fingerprint density at radius 2 is 1.94 bits per heavy atom. The SMILES string of the molecule is CCOc1cccc(C2CC(c3cccc(Br)c3)=NC(c3ccc(F)c(Br)c3)N2)c1O. The number of hydrogen-bond donors (Lipinski definition) is 2. The highest BCUT2D eigenvalue weighted by atomic mass is 79.9. The highest BCUT2D eigenvalue weighted by molar-refractivity contribution is 9.10.